The molecule has 0 spiro atoms. The SMILES string of the molecule is Cc1noc(CN(C)C(=O)NCCCSC2CCCCC2)n1. The Hall–Kier alpha value is -1.24. The molecule has 0 saturated heterocycles. The lowest BCUT2D eigenvalue weighted by molar-refractivity contribution is 0.199. The summed E-state index contributed by atoms with van der Waals surface area (Å²) in [4.78, 5) is 17.6. The molecule has 0 aromatic carbocycles. The summed E-state index contributed by atoms with van der Waals surface area (Å²) >= 11 is 2.06. The van der Waals surface area contributed by atoms with E-state index in [0.29, 0.717) is 24.8 Å². The minimum absolute atomic E-state index is 0.0986. The number of urea groups is 1. The molecule has 2 amide bonds. The Morgan fingerprint density at radius 2 is 2.18 bits per heavy atom. The number of carbonyl (C=O) groups excluding carboxylic acids is 1. The fourth-order valence-corrected chi connectivity index (χ4v) is 3.87. The molecule has 0 aliphatic heterocycles. The van der Waals surface area contributed by atoms with E-state index in [1.54, 1.807) is 18.9 Å². The van der Waals surface area contributed by atoms with Crippen LogP contribution >= 0.6 is 11.8 Å². The van der Waals surface area contributed by atoms with E-state index in [4.69, 9.17) is 4.52 Å². The van der Waals surface area contributed by atoms with Crippen LogP contribution in [0.15, 0.2) is 4.52 Å². The first-order valence-corrected chi connectivity index (χ1v) is 9.10. The van der Waals surface area contributed by atoms with Gasteiger partial charge in [-0.05, 0) is 31.9 Å². The van der Waals surface area contributed by atoms with Crippen LogP contribution in [0.5, 0.6) is 0 Å². The van der Waals surface area contributed by atoms with Gasteiger partial charge in [-0.15, -0.1) is 0 Å². The Kier molecular flexibility index (Phi) is 7.02. The van der Waals surface area contributed by atoms with Crippen molar-refractivity contribution in [2.45, 2.75) is 57.2 Å². The van der Waals surface area contributed by atoms with Crippen LogP contribution in [0.2, 0.25) is 0 Å². The lowest BCUT2D eigenvalue weighted by atomic mass is 10.0. The summed E-state index contributed by atoms with van der Waals surface area (Å²) in [6.45, 7) is 2.81. The number of hydrogen-bond donors (Lipinski definition) is 1. The zero-order chi connectivity index (χ0) is 15.8. The van der Waals surface area contributed by atoms with Crippen molar-refractivity contribution in [2.24, 2.45) is 0 Å². The van der Waals surface area contributed by atoms with Crippen LogP contribution in [0.1, 0.15) is 50.2 Å². The minimum Gasteiger partial charge on any atom is -0.338 e. The third-order valence-corrected chi connectivity index (χ3v) is 5.26. The molecular weight excluding hydrogens is 300 g/mol. The number of thioether (sulfide) groups is 1. The van der Waals surface area contributed by atoms with Gasteiger partial charge in [-0.2, -0.15) is 16.7 Å². The first-order valence-electron chi connectivity index (χ1n) is 8.05. The monoisotopic (exact) mass is 326 g/mol. The highest BCUT2D eigenvalue weighted by molar-refractivity contribution is 7.99. The summed E-state index contributed by atoms with van der Waals surface area (Å²) in [5.74, 6) is 2.17. The van der Waals surface area contributed by atoms with Gasteiger partial charge in [0, 0.05) is 18.8 Å². The molecule has 1 saturated carbocycles. The van der Waals surface area contributed by atoms with E-state index in [-0.39, 0.29) is 6.03 Å². The van der Waals surface area contributed by atoms with Gasteiger partial charge in [0.1, 0.15) is 6.54 Å². The lowest BCUT2D eigenvalue weighted by Gasteiger charge is -2.21. The van der Waals surface area contributed by atoms with Crippen molar-refractivity contribution in [3.05, 3.63) is 11.7 Å². The van der Waals surface area contributed by atoms with Crippen LogP contribution in [0, 0.1) is 6.92 Å². The number of hydrogen-bond acceptors (Lipinski definition) is 5. The van der Waals surface area contributed by atoms with Crippen LogP contribution in [0.25, 0.3) is 0 Å². The fourth-order valence-electron chi connectivity index (χ4n) is 2.56. The molecule has 0 radical (unpaired) electrons. The Balaban J connectivity index is 1.54. The zero-order valence-corrected chi connectivity index (χ0v) is 14.3. The van der Waals surface area contributed by atoms with Crippen LogP contribution in [-0.2, 0) is 6.54 Å². The molecule has 1 aliphatic carbocycles. The maximum Gasteiger partial charge on any atom is 0.317 e. The summed E-state index contributed by atoms with van der Waals surface area (Å²) in [7, 11) is 1.73. The number of rotatable bonds is 7. The quantitative estimate of drug-likeness (QED) is 0.780. The highest BCUT2D eigenvalue weighted by Crippen LogP contribution is 2.28. The molecule has 1 fully saturated rings. The predicted octanol–water partition coefficient (Wildman–Crippen LogP) is 2.98. The first-order chi connectivity index (χ1) is 10.6. The van der Waals surface area contributed by atoms with Gasteiger partial charge in [0.25, 0.3) is 0 Å². The van der Waals surface area contributed by atoms with Crippen molar-refractivity contribution in [2.75, 3.05) is 19.3 Å². The van der Waals surface area contributed by atoms with Gasteiger partial charge in [-0.3, -0.25) is 0 Å². The molecule has 22 heavy (non-hydrogen) atoms. The number of carbonyl (C=O) groups is 1. The molecule has 124 valence electrons. The average molecular weight is 326 g/mol. The van der Waals surface area contributed by atoms with Crippen molar-refractivity contribution in [1.82, 2.24) is 20.4 Å². The first kappa shape index (κ1) is 17.1. The topological polar surface area (TPSA) is 71.3 Å². The molecule has 6 nitrogen and oxygen atoms in total. The number of aromatic nitrogens is 2. The van der Waals surface area contributed by atoms with Gasteiger partial charge in [0.15, 0.2) is 5.82 Å². The second-order valence-corrected chi connectivity index (χ2v) is 7.22. The Morgan fingerprint density at radius 3 is 2.86 bits per heavy atom. The van der Waals surface area contributed by atoms with Crippen LogP contribution < -0.4 is 5.32 Å². The molecule has 0 atom stereocenters. The average Bonchev–Trinajstić information content (AvgIpc) is 2.92. The second-order valence-electron chi connectivity index (χ2n) is 5.81. The molecule has 1 aromatic rings. The molecule has 1 N–H and O–H groups in total. The number of nitrogens with one attached hydrogen (secondary N) is 1. The largest absolute Gasteiger partial charge is 0.338 e. The van der Waals surface area contributed by atoms with E-state index < -0.39 is 0 Å². The highest BCUT2D eigenvalue weighted by Gasteiger charge is 2.14. The van der Waals surface area contributed by atoms with Gasteiger partial charge in [0.05, 0.1) is 0 Å². The fraction of sp³-hybridized carbons (Fsp3) is 0.800. The number of amides is 2. The molecule has 1 aliphatic rings. The van der Waals surface area contributed by atoms with E-state index >= 15 is 0 Å². The van der Waals surface area contributed by atoms with Gasteiger partial charge in [-0.25, -0.2) is 4.79 Å². The van der Waals surface area contributed by atoms with E-state index in [1.807, 2.05) is 0 Å². The Bertz CT molecular complexity index is 460. The standard InChI is InChI=1S/C15H26N4O2S/c1-12-17-14(21-18-12)11-19(2)15(20)16-9-6-10-22-13-7-4-3-5-8-13/h13H,3-11H2,1-2H3,(H,16,20). The van der Waals surface area contributed by atoms with Crippen LogP contribution in [0.3, 0.4) is 0 Å². The maximum absolute atomic E-state index is 11.9. The number of aryl methyl sites for hydroxylation is 1. The third kappa shape index (κ3) is 5.87. The molecule has 0 bridgehead atoms. The molecular formula is C15H26N4O2S. The van der Waals surface area contributed by atoms with Crippen LogP contribution in [-0.4, -0.2) is 45.7 Å². The summed E-state index contributed by atoms with van der Waals surface area (Å²) in [5.41, 5.74) is 0. The molecule has 7 heteroatoms. The Labute approximate surface area is 136 Å². The normalized spacial score (nSPS) is 15.7. The van der Waals surface area contributed by atoms with E-state index in [2.05, 4.69) is 27.2 Å². The van der Waals surface area contributed by atoms with E-state index in [0.717, 1.165) is 17.4 Å². The van der Waals surface area contributed by atoms with Gasteiger partial charge < -0.3 is 14.7 Å². The minimum atomic E-state index is -0.0986. The zero-order valence-electron chi connectivity index (χ0n) is 13.5. The Morgan fingerprint density at radius 1 is 1.41 bits per heavy atom. The van der Waals surface area contributed by atoms with E-state index in [1.165, 1.54) is 32.1 Å². The molecule has 0 unspecified atom stereocenters. The van der Waals surface area contributed by atoms with Crippen molar-refractivity contribution >= 4 is 17.8 Å². The summed E-state index contributed by atoms with van der Waals surface area (Å²) in [5, 5.41) is 7.48. The van der Waals surface area contributed by atoms with Crippen LogP contribution in [0.4, 0.5) is 4.79 Å². The number of nitrogens with zero attached hydrogens (tertiary/aromatic N) is 3. The third-order valence-electron chi connectivity index (χ3n) is 3.79. The second kappa shape index (κ2) is 9.02. The van der Waals surface area contributed by atoms with E-state index in [9.17, 15) is 4.79 Å². The molecule has 1 aromatic heterocycles. The molecule has 1 heterocycles. The van der Waals surface area contributed by atoms with Gasteiger partial charge >= 0.3 is 6.03 Å². The van der Waals surface area contributed by atoms with Crippen molar-refractivity contribution in [1.29, 1.82) is 0 Å². The summed E-state index contributed by atoms with van der Waals surface area (Å²) in [6.07, 6.45) is 7.91. The lowest BCUT2D eigenvalue weighted by Crippen LogP contribution is -2.37. The highest BCUT2D eigenvalue weighted by atomic mass is 32.2. The van der Waals surface area contributed by atoms with Crippen molar-refractivity contribution in [3.63, 3.8) is 0 Å². The summed E-state index contributed by atoms with van der Waals surface area (Å²) < 4.78 is 5.01. The smallest absolute Gasteiger partial charge is 0.317 e. The predicted molar refractivity (Wildman–Crippen MR) is 87.8 cm³/mol. The van der Waals surface area contributed by atoms with Gasteiger partial charge in [-0.1, -0.05) is 24.4 Å². The molecule has 2 rings (SSSR count). The van der Waals surface area contributed by atoms with Gasteiger partial charge in [0.2, 0.25) is 5.89 Å². The van der Waals surface area contributed by atoms with Crippen molar-refractivity contribution < 1.29 is 9.32 Å². The summed E-state index contributed by atoms with van der Waals surface area (Å²) in [6, 6.07) is -0.0986. The van der Waals surface area contributed by atoms with Crippen molar-refractivity contribution in [3.8, 4) is 0 Å². The maximum atomic E-state index is 11.9.